The molecule has 7 heteroatoms. The fourth-order valence-corrected chi connectivity index (χ4v) is 2.67. The van der Waals surface area contributed by atoms with Crippen LogP contribution in [0, 0.1) is 0 Å². The standard InChI is InChI=1S/C11H10Br2N2O3/c1-18-11(17)8-2-6(12)4-14-10(8)15-5-7(13)3-9(15)16/h2,4,7H,3,5H2,1H3. The minimum absolute atomic E-state index is 0.0585. The Kier molecular flexibility index (Phi) is 4.01. The van der Waals surface area contributed by atoms with E-state index < -0.39 is 5.97 Å². The molecule has 0 radical (unpaired) electrons. The van der Waals surface area contributed by atoms with Crippen LogP contribution in [-0.2, 0) is 9.53 Å². The first-order valence-electron chi connectivity index (χ1n) is 5.21. The van der Waals surface area contributed by atoms with Crippen LogP contribution in [0.15, 0.2) is 16.7 Å². The Hall–Kier alpha value is -0.950. The molecule has 0 bridgehead atoms. The van der Waals surface area contributed by atoms with Gasteiger partial charge in [0.25, 0.3) is 0 Å². The first kappa shape index (κ1) is 13.5. The number of methoxy groups -OCH3 is 1. The smallest absolute Gasteiger partial charge is 0.341 e. The number of amides is 1. The van der Waals surface area contributed by atoms with Crippen molar-refractivity contribution in [1.29, 1.82) is 0 Å². The van der Waals surface area contributed by atoms with Crippen molar-refractivity contribution in [2.24, 2.45) is 0 Å². The van der Waals surface area contributed by atoms with Crippen molar-refractivity contribution in [3.8, 4) is 0 Å². The van der Waals surface area contributed by atoms with E-state index in [1.54, 1.807) is 12.3 Å². The molecule has 2 heterocycles. The van der Waals surface area contributed by atoms with E-state index in [4.69, 9.17) is 4.74 Å². The molecule has 0 N–H and O–H groups in total. The number of hydrogen-bond donors (Lipinski definition) is 0. The van der Waals surface area contributed by atoms with Crippen LogP contribution in [0.4, 0.5) is 5.82 Å². The van der Waals surface area contributed by atoms with Gasteiger partial charge in [-0.2, -0.15) is 0 Å². The van der Waals surface area contributed by atoms with Crippen LogP contribution in [0.5, 0.6) is 0 Å². The number of halogens is 2. The summed E-state index contributed by atoms with van der Waals surface area (Å²) in [4.78, 5) is 29.3. The molecule has 1 atom stereocenters. The highest BCUT2D eigenvalue weighted by molar-refractivity contribution is 9.10. The Bertz CT molecular complexity index is 507. The van der Waals surface area contributed by atoms with Crippen molar-refractivity contribution in [3.05, 3.63) is 22.3 Å². The summed E-state index contributed by atoms with van der Waals surface area (Å²) in [6.07, 6.45) is 1.95. The van der Waals surface area contributed by atoms with Gasteiger partial charge in [0.2, 0.25) is 5.91 Å². The number of nitrogens with zero attached hydrogens (tertiary/aromatic N) is 2. The average Bonchev–Trinajstić information content (AvgIpc) is 2.67. The topological polar surface area (TPSA) is 59.5 Å². The molecule has 1 aromatic heterocycles. The van der Waals surface area contributed by atoms with Gasteiger partial charge in [-0.15, -0.1) is 0 Å². The highest BCUT2D eigenvalue weighted by Crippen LogP contribution is 2.28. The predicted molar refractivity (Wildman–Crippen MR) is 73.0 cm³/mol. The van der Waals surface area contributed by atoms with Crippen LogP contribution < -0.4 is 4.90 Å². The molecule has 0 aromatic carbocycles. The Morgan fingerprint density at radius 1 is 1.61 bits per heavy atom. The number of carbonyl (C=O) groups is 2. The van der Waals surface area contributed by atoms with Gasteiger partial charge in [-0.05, 0) is 22.0 Å². The molecule has 0 spiro atoms. The lowest BCUT2D eigenvalue weighted by Gasteiger charge is -2.17. The average molecular weight is 378 g/mol. The summed E-state index contributed by atoms with van der Waals surface area (Å²) in [6, 6.07) is 1.60. The summed E-state index contributed by atoms with van der Waals surface area (Å²) >= 11 is 6.64. The maximum atomic E-state index is 11.8. The fraction of sp³-hybridized carbons (Fsp3) is 0.364. The molecule has 1 aliphatic heterocycles. The van der Waals surface area contributed by atoms with Gasteiger partial charge in [0, 0.05) is 28.5 Å². The normalized spacial score (nSPS) is 19.2. The number of anilines is 1. The summed E-state index contributed by atoms with van der Waals surface area (Å²) in [7, 11) is 1.30. The van der Waals surface area contributed by atoms with Gasteiger partial charge in [-0.3, -0.25) is 9.69 Å². The maximum absolute atomic E-state index is 11.8. The molecule has 1 amide bonds. The van der Waals surface area contributed by atoms with Gasteiger partial charge in [0.1, 0.15) is 11.4 Å². The summed E-state index contributed by atoms with van der Waals surface area (Å²) in [5, 5.41) is 0. The number of carbonyl (C=O) groups excluding carboxylic acids is 2. The largest absolute Gasteiger partial charge is 0.465 e. The molecular weight excluding hydrogens is 368 g/mol. The molecule has 1 saturated heterocycles. The third kappa shape index (κ3) is 2.56. The van der Waals surface area contributed by atoms with Crippen molar-refractivity contribution in [3.63, 3.8) is 0 Å². The zero-order chi connectivity index (χ0) is 13.3. The molecular formula is C11H10Br2N2O3. The Labute approximate surface area is 121 Å². The number of aromatic nitrogens is 1. The molecule has 2 rings (SSSR count). The van der Waals surface area contributed by atoms with Crippen molar-refractivity contribution in [2.75, 3.05) is 18.6 Å². The van der Waals surface area contributed by atoms with Gasteiger partial charge in [-0.25, -0.2) is 9.78 Å². The first-order chi connectivity index (χ1) is 8.52. The number of ether oxygens (including phenoxy) is 1. The van der Waals surface area contributed by atoms with Crippen LogP contribution in [0.2, 0.25) is 0 Å². The van der Waals surface area contributed by atoms with E-state index in [-0.39, 0.29) is 16.3 Å². The lowest BCUT2D eigenvalue weighted by Crippen LogP contribution is -2.28. The molecule has 1 unspecified atom stereocenters. The monoisotopic (exact) mass is 376 g/mol. The second-order valence-electron chi connectivity index (χ2n) is 3.82. The van der Waals surface area contributed by atoms with Gasteiger partial charge in [0.05, 0.1) is 7.11 Å². The van der Waals surface area contributed by atoms with Crippen LogP contribution in [0.1, 0.15) is 16.8 Å². The molecule has 0 saturated carbocycles. The second-order valence-corrected chi connectivity index (χ2v) is 6.03. The minimum atomic E-state index is -0.510. The first-order valence-corrected chi connectivity index (χ1v) is 6.92. The third-order valence-electron chi connectivity index (χ3n) is 2.57. The van der Waals surface area contributed by atoms with Crippen LogP contribution in [-0.4, -0.2) is 35.3 Å². The maximum Gasteiger partial charge on any atom is 0.341 e. The Balaban J connectivity index is 2.44. The number of alkyl halides is 1. The lowest BCUT2D eigenvalue weighted by molar-refractivity contribution is -0.117. The summed E-state index contributed by atoms with van der Waals surface area (Å²) < 4.78 is 5.36. The molecule has 0 aliphatic carbocycles. The number of esters is 1. The molecule has 5 nitrogen and oxygen atoms in total. The van der Waals surface area contributed by atoms with Gasteiger partial charge < -0.3 is 4.74 Å². The highest BCUT2D eigenvalue weighted by atomic mass is 79.9. The van der Waals surface area contributed by atoms with Gasteiger partial charge in [0.15, 0.2) is 0 Å². The van der Waals surface area contributed by atoms with Crippen molar-refractivity contribution < 1.29 is 14.3 Å². The van der Waals surface area contributed by atoms with E-state index in [9.17, 15) is 9.59 Å². The highest BCUT2D eigenvalue weighted by Gasteiger charge is 2.32. The van der Waals surface area contributed by atoms with Crippen LogP contribution >= 0.6 is 31.9 Å². The summed E-state index contributed by atoms with van der Waals surface area (Å²) in [5.74, 6) is -0.224. The zero-order valence-corrected chi connectivity index (χ0v) is 12.7. The number of hydrogen-bond acceptors (Lipinski definition) is 4. The van der Waals surface area contributed by atoms with E-state index >= 15 is 0 Å². The van der Waals surface area contributed by atoms with Crippen molar-refractivity contribution >= 4 is 49.6 Å². The lowest BCUT2D eigenvalue weighted by atomic mass is 10.2. The Morgan fingerprint density at radius 3 is 2.89 bits per heavy atom. The van der Waals surface area contributed by atoms with Gasteiger partial charge in [-0.1, -0.05) is 15.9 Å². The molecule has 1 fully saturated rings. The Morgan fingerprint density at radius 2 is 2.33 bits per heavy atom. The van der Waals surface area contributed by atoms with Crippen LogP contribution in [0.25, 0.3) is 0 Å². The number of rotatable bonds is 2. The predicted octanol–water partition coefficient (Wildman–Crippen LogP) is 2.13. The minimum Gasteiger partial charge on any atom is -0.465 e. The van der Waals surface area contributed by atoms with Crippen molar-refractivity contribution in [2.45, 2.75) is 11.2 Å². The van der Waals surface area contributed by atoms with Gasteiger partial charge >= 0.3 is 5.97 Å². The van der Waals surface area contributed by atoms with E-state index in [0.29, 0.717) is 23.3 Å². The summed E-state index contributed by atoms with van der Waals surface area (Å²) in [5.41, 5.74) is 0.279. The van der Waals surface area contributed by atoms with Crippen LogP contribution in [0.3, 0.4) is 0 Å². The molecule has 96 valence electrons. The number of pyridine rings is 1. The van der Waals surface area contributed by atoms with E-state index in [1.165, 1.54) is 12.0 Å². The molecule has 1 aromatic rings. The van der Waals surface area contributed by atoms with Crippen molar-refractivity contribution in [1.82, 2.24) is 4.98 Å². The SMILES string of the molecule is COC(=O)c1cc(Br)cnc1N1CC(Br)CC1=O. The molecule has 1 aliphatic rings. The fourth-order valence-electron chi connectivity index (χ4n) is 1.78. The quantitative estimate of drug-likeness (QED) is 0.585. The van der Waals surface area contributed by atoms with E-state index in [1.807, 2.05) is 0 Å². The third-order valence-corrected chi connectivity index (χ3v) is 3.62. The zero-order valence-electron chi connectivity index (χ0n) is 9.52. The second kappa shape index (κ2) is 5.36. The van der Waals surface area contributed by atoms with E-state index in [2.05, 4.69) is 36.8 Å². The summed E-state index contributed by atoms with van der Waals surface area (Å²) in [6.45, 7) is 0.497. The molecule has 18 heavy (non-hydrogen) atoms. The van der Waals surface area contributed by atoms with E-state index in [0.717, 1.165) is 0 Å².